The maximum absolute atomic E-state index is 13.0. The Morgan fingerprint density at radius 2 is 1.77 bits per heavy atom. The van der Waals surface area contributed by atoms with Gasteiger partial charge in [-0.1, -0.05) is 6.07 Å². The normalized spacial score (nSPS) is 10.9. The highest BCUT2D eigenvalue weighted by Gasteiger charge is 2.04. The van der Waals surface area contributed by atoms with Gasteiger partial charge in [0.2, 0.25) is 0 Å². The van der Waals surface area contributed by atoms with Crippen molar-refractivity contribution in [2.24, 2.45) is 5.10 Å². The quantitative estimate of drug-likeness (QED) is 0.557. The molecule has 0 aliphatic carbocycles. The number of carbonyl (C=O) groups is 2. The van der Waals surface area contributed by atoms with Crippen molar-refractivity contribution in [1.82, 2.24) is 5.43 Å². The molecule has 0 saturated carbocycles. The van der Waals surface area contributed by atoms with E-state index < -0.39 is 24.3 Å². The van der Waals surface area contributed by atoms with Crippen LogP contribution in [0.15, 0.2) is 53.6 Å². The van der Waals surface area contributed by atoms with Crippen molar-refractivity contribution >= 4 is 17.6 Å². The molecule has 0 heterocycles. The molecule has 0 fully saturated rings. The van der Waals surface area contributed by atoms with Crippen LogP contribution in [0.4, 0.5) is 4.39 Å². The Morgan fingerprint density at radius 1 is 1.08 bits per heavy atom. The second kappa shape index (κ2) is 9.16. The molecule has 2 aromatic rings. The maximum atomic E-state index is 13.0. The molecule has 2 aromatic carbocycles. The number of benzene rings is 2. The molecule has 0 radical (unpaired) electrons. The van der Waals surface area contributed by atoms with Gasteiger partial charge >= 0.3 is 0 Å². The molecular weight excluding hydrogens is 343 g/mol. The van der Waals surface area contributed by atoms with Crippen LogP contribution in [0.1, 0.15) is 12.5 Å². The zero-order chi connectivity index (χ0) is 18.9. The molecule has 26 heavy (non-hydrogen) atoms. The van der Waals surface area contributed by atoms with E-state index in [0.717, 1.165) is 0 Å². The fraction of sp³-hybridized carbons (Fsp3) is 0.167. The molecule has 8 heteroatoms. The van der Waals surface area contributed by atoms with Crippen LogP contribution in [0.2, 0.25) is 0 Å². The number of nitrogens with zero attached hydrogens (tertiary/aromatic N) is 1. The van der Waals surface area contributed by atoms with Gasteiger partial charge in [0.1, 0.15) is 23.9 Å². The lowest BCUT2D eigenvalue weighted by molar-refractivity contribution is -0.307. The van der Waals surface area contributed by atoms with E-state index in [9.17, 15) is 19.1 Å². The van der Waals surface area contributed by atoms with Gasteiger partial charge in [0.05, 0.1) is 11.7 Å². The number of halogens is 1. The van der Waals surface area contributed by atoms with Crippen molar-refractivity contribution in [3.63, 3.8) is 0 Å². The van der Waals surface area contributed by atoms with Crippen LogP contribution in [-0.4, -0.2) is 30.8 Å². The molecule has 0 saturated heterocycles. The van der Waals surface area contributed by atoms with E-state index in [1.165, 1.54) is 24.3 Å². The Labute approximate surface area is 149 Å². The van der Waals surface area contributed by atoms with Crippen molar-refractivity contribution in [1.29, 1.82) is 0 Å². The molecule has 0 unspecified atom stereocenters. The lowest BCUT2D eigenvalue weighted by Gasteiger charge is -2.08. The molecule has 0 spiro atoms. The van der Waals surface area contributed by atoms with Gasteiger partial charge in [0.15, 0.2) is 6.61 Å². The fourth-order valence-electron chi connectivity index (χ4n) is 1.88. The average Bonchev–Trinajstić information content (AvgIpc) is 2.63. The van der Waals surface area contributed by atoms with Crippen molar-refractivity contribution < 1.29 is 28.6 Å². The van der Waals surface area contributed by atoms with Crippen LogP contribution in [0.25, 0.3) is 0 Å². The topological polar surface area (TPSA) is 100 Å². The third kappa shape index (κ3) is 6.23. The highest BCUT2D eigenvalue weighted by Crippen LogP contribution is 2.13. The van der Waals surface area contributed by atoms with Crippen LogP contribution in [0.5, 0.6) is 11.5 Å². The molecule has 0 atom stereocenters. The molecule has 136 valence electrons. The third-order valence-corrected chi connectivity index (χ3v) is 3.14. The second-order valence-electron chi connectivity index (χ2n) is 5.16. The summed E-state index contributed by atoms with van der Waals surface area (Å²) < 4.78 is 23.1. The molecule has 1 N–H and O–H groups in total. The van der Waals surface area contributed by atoms with Crippen molar-refractivity contribution in [2.75, 3.05) is 13.2 Å². The molecule has 0 aromatic heterocycles. The Morgan fingerprint density at radius 3 is 2.42 bits per heavy atom. The average molecular weight is 359 g/mol. The number of amides is 1. The first kappa shape index (κ1) is 18.9. The van der Waals surface area contributed by atoms with E-state index >= 15 is 0 Å². The minimum Gasteiger partial charge on any atom is -0.546 e. The number of hydrogen-bond donors (Lipinski definition) is 1. The summed E-state index contributed by atoms with van der Waals surface area (Å²) in [6.45, 7) is 0.842. The Balaban J connectivity index is 1.84. The van der Waals surface area contributed by atoms with E-state index in [4.69, 9.17) is 9.47 Å². The number of aliphatic carboxylic acids is 1. The van der Waals surface area contributed by atoms with Crippen LogP contribution in [-0.2, 0) is 9.59 Å². The van der Waals surface area contributed by atoms with Gasteiger partial charge in [-0.05, 0) is 48.9 Å². The smallest absolute Gasteiger partial charge is 0.277 e. The number of ether oxygens (including phenoxy) is 2. The minimum absolute atomic E-state index is 0.244. The molecule has 2 rings (SSSR count). The number of hydrazone groups is 1. The maximum Gasteiger partial charge on any atom is 0.277 e. The van der Waals surface area contributed by atoms with E-state index in [2.05, 4.69) is 10.5 Å². The molecule has 0 aliphatic heterocycles. The van der Waals surface area contributed by atoms with Crippen molar-refractivity contribution in [2.45, 2.75) is 6.92 Å². The highest BCUT2D eigenvalue weighted by atomic mass is 19.1. The largest absolute Gasteiger partial charge is 0.546 e. The fourth-order valence-corrected chi connectivity index (χ4v) is 1.88. The Kier molecular flexibility index (Phi) is 6.67. The van der Waals surface area contributed by atoms with E-state index in [1.54, 1.807) is 31.2 Å². The number of carboxylic acids is 1. The summed E-state index contributed by atoms with van der Waals surface area (Å²) in [5.74, 6) is -1.65. The summed E-state index contributed by atoms with van der Waals surface area (Å²) in [5, 5.41) is 14.3. The van der Waals surface area contributed by atoms with E-state index in [0.29, 0.717) is 17.0 Å². The molecule has 7 nitrogen and oxygen atoms in total. The number of carboxylic acid groups (broad SMARTS) is 1. The van der Waals surface area contributed by atoms with E-state index in [-0.39, 0.29) is 12.4 Å². The third-order valence-electron chi connectivity index (χ3n) is 3.14. The Bertz CT molecular complexity index is 805. The highest BCUT2D eigenvalue weighted by molar-refractivity contribution is 5.99. The number of rotatable bonds is 8. The monoisotopic (exact) mass is 359 g/mol. The summed E-state index contributed by atoms with van der Waals surface area (Å²) in [7, 11) is 0. The zero-order valence-corrected chi connectivity index (χ0v) is 13.9. The Hall–Kier alpha value is -3.42. The van der Waals surface area contributed by atoms with Crippen LogP contribution >= 0.6 is 0 Å². The first-order valence-corrected chi connectivity index (χ1v) is 7.58. The SMILES string of the molecule is C/C(=N/NC(=O)COc1cccc(F)c1)c1ccc(OCC(=O)[O-])cc1. The van der Waals surface area contributed by atoms with Gasteiger partial charge < -0.3 is 19.4 Å². The lowest BCUT2D eigenvalue weighted by atomic mass is 10.1. The summed E-state index contributed by atoms with van der Waals surface area (Å²) in [6.07, 6.45) is 0. The van der Waals surface area contributed by atoms with Crippen molar-refractivity contribution in [3.8, 4) is 11.5 Å². The number of carbonyl (C=O) groups excluding carboxylic acids is 2. The molecule has 0 bridgehead atoms. The standard InChI is InChI=1S/C18H17FN2O5/c1-12(13-5-7-15(8-6-13)26-11-18(23)24)20-21-17(22)10-25-16-4-2-3-14(19)9-16/h2-9H,10-11H2,1H3,(H,21,22)(H,23,24)/p-1/b20-12-. The predicted octanol–water partition coefficient (Wildman–Crippen LogP) is 0.874. The van der Waals surface area contributed by atoms with Crippen LogP contribution in [0.3, 0.4) is 0 Å². The minimum atomic E-state index is -1.31. The van der Waals surface area contributed by atoms with Crippen LogP contribution in [0, 0.1) is 5.82 Å². The lowest BCUT2D eigenvalue weighted by Crippen LogP contribution is -2.28. The number of nitrogens with one attached hydrogen (secondary N) is 1. The summed E-state index contributed by atoms with van der Waals surface area (Å²) in [6, 6.07) is 11.9. The zero-order valence-electron chi connectivity index (χ0n) is 13.9. The molecular formula is C18H16FN2O5-. The predicted molar refractivity (Wildman–Crippen MR) is 89.2 cm³/mol. The first-order chi connectivity index (χ1) is 12.4. The van der Waals surface area contributed by atoms with Gasteiger partial charge in [0.25, 0.3) is 5.91 Å². The summed E-state index contributed by atoms with van der Waals surface area (Å²) >= 11 is 0. The van der Waals surface area contributed by atoms with Crippen molar-refractivity contribution in [3.05, 3.63) is 59.9 Å². The number of hydrogen-bond acceptors (Lipinski definition) is 6. The summed E-state index contributed by atoms with van der Waals surface area (Å²) in [4.78, 5) is 22.1. The van der Waals surface area contributed by atoms with Gasteiger partial charge in [-0.25, -0.2) is 9.82 Å². The van der Waals surface area contributed by atoms with Gasteiger partial charge in [-0.3, -0.25) is 4.79 Å². The van der Waals surface area contributed by atoms with Crippen LogP contribution < -0.4 is 20.0 Å². The van der Waals surface area contributed by atoms with E-state index in [1.807, 2.05) is 0 Å². The molecule has 1 amide bonds. The van der Waals surface area contributed by atoms with Gasteiger partial charge in [-0.2, -0.15) is 5.10 Å². The summed E-state index contributed by atoms with van der Waals surface area (Å²) in [5.41, 5.74) is 3.56. The first-order valence-electron chi connectivity index (χ1n) is 7.58. The second-order valence-corrected chi connectivity index (χ2v) is 5.16. The van der Waals surface area contributed by atoms with Gasteiger partial charge in [-0.15, -0.1) is 0 Å². The molecule has 0 aliphatic rings. The van der Waals surface area contributed by atoms with Gasteiger partial charge in [0, 0.05) is 6.07 Å².